The number of rotatable bonds is 9. The molecule has 198 valence electrons. The summed E-state index contributed by atoms with van der Waals surface area (Å²) in [6.45, 7) is 3.48. The zero-order valence-electron chi connectivity index (χ0n) is 22.0. The van der Waals surface area contributed by atoms with Crippen LogP contribution in [0.5, 0.6) is 5.75 Å². The summed E-state index contributed by atoms with van der Waals surface area (Å²) >= 11 is 0. The molecule has 1 saturated carbocycles. The molecule has 0 spiro atoms. The maximum Gasteiger partial charge on any atom is 0.242 e. The molecule has 1 aliphatic carbocycles. The highest BCUT2D eigenvalue weighted by molar-refractivity contribution is 5.87. The van der Waals surface area contributed by atoms with E-state index in [4.69, 9.17) is 4.74 Å². The summed E-state index contributed by atoms with van der Waals surface area (Å²) < 4.78 is 5.31. The highest BCUT2D eigenvalue weighted by atomic mass is 16.5. The van der Waals surface area contributed by atoms with Crippen molar-refractivity contribution < 1.29 is 14.3 Å². The first kappa shape index (κ1) is 25.7. The van der Waals surface area contributed by atoms with Crippen molar-refractivity contribution in [3.05, 3.63) is 72.3 Å². The highest BCUT2D eigenvalue weighted by Crippen LogP contribution is 2.31. The fourth-order valence-corrected chi connectivity index (χ4v) is 4.85. The quantitative estimate of drug-likeness (QED) is 0.435. The molecule has 2 heterocycles. The molecule has 2 aromatic carbocycles. The summed E-state index contributed by atoms with van der Waals surface area (Å²) in [5, 5.41) is 8.91. The zero-order chi connectivity index (χ0) is 26.3. The van der Waals surface area contributed by atoms with Gasteiger partial charge in [0.05, 0.1) is 19.3 Å². The van der Waals surface area contributed by atoms with E-state index in [2.05, 4.69) is 27.2 Å². The molecule has 38 heavy (non-hydrogen) atoms. The van der Waals surface area contributed by atoms with Gasteiger partial charge in [0.15, 0.2) is 5.82 Å². The van der Waals surface area contributed by atoms with Gasteiger partial charge < -0.3 is 19.4 Å². The normalized spacial score (nSPS) is 15.6. The van der Waals surface area contributed by atoms with Crippen LogP contribution in [0.15, 0.2) is 66.7 Å². The molecule has 0 unspecified atom stereocenters. The van der Waals surface area contributed by atoms with E-state index in [-0.39, 0.29) is 24.3 Å². The highest BCUT2D eigenvalue weighted by Gasteiger charge is 2.34. The Bertz CT molecular complexity index is 1230. The maximum atomic E-state index is 13.3. The number of amides is 2. The Balaban J connectivity index is 1.18. The Kier molecular flexibility index (Phi) is 8.16. The number of anilines is 1. The first-order valence-corrected chi connectivity index (χ1v) is 13.4. The number of carbonyl (C=O) groups is 2. The molecule has 8 nitrogen and oxygen atoms in total. The molecule has 1 aliphatic heterocycles. The largest absolute Gasteiger partial charge is 0.497 e. The van der Waals surface area contributed by atoms with Crippen molar-refractivity contribution in [1.29, 1.82) is 0 Å². The minimum absolute atomic E-state index is 0.0216. The molecule has 0 N–H and O–H groups in total. The van der Waals surface area contributed by atoms with Crippen molar-refractivity contribution in [3.63, 3.8) is 0 Å². The van der Waals surface area contributed by atoms with Crippen molar-refractivity contribution in [3.8, 4) is 17.0 Å². The summed E-state index contributed by atoms with van der Waals surface area (Å²) in [7, 11) is 1.65. The molecular weight excluding hydrogens is 478 g/mol. The molecule has 8 heteroatoms. The third-order valence-corrected chi connectivity index (χ3v) is 7.27. The number of carbonyl (C=O) groups excluding carboxylic acids is 2. The van der Waals surface area contributed by atoms with Crippen LogP contribution >= 0.6 is 0 Å². The molecule has 0 bridgehead atoms. The Hall–Kier alpha value is -3.94. The second kappa shape index (κ2) is 12.1. The number of methoxy groups -OCH3 is 1. The van der Waals surface area contributed by atoms with Gasteiger partial charge in [0.1, 0.15) is 5.75 Å². The van der Waals surface area contributed by atoms with Gasteiger partial charge in [-0.3, -0.25) is 9.59 Å². The third kappa shape index (κ3) is 6.49. The number of benzene rings is 2. The van der Waals surface area contributed by atoms with Crippen molar-refractivity contribution in [2.24, 2.45) is 5.92 Å². The average Bonchev–Trinajstić information content (AvgIpc) is 3.83. The average molecular weight is 514 g/mol. The van der Waals surface area contributed by atoms with Gasteiger partial charge in [-0.05, 0) is 55.5 Å². The van der Waals surface area contributed by atoms with Crippen molar-refractivity contribution in [1.82, 2.24) is 20.0 Å². The Morgan fingerprint density at radius 3 is 2.53 bits per heavy atom. The van der Waals surface area contributed by atoms with Crippen LogP contribution in [0.1, 0.15) is 24.8 Å². The van der Waals surface area contributed by atoms with E-state index in [1.54, 1.807) is 12.0 Å². The first-order valence-electron chi connectivity index (χ1n) is 13.4. The van der Waals surface area contributed by atoms with E-state index in [9.17, 15) is 9.59 Å². The lowest BCUT2D eigenvalue weighted by Crippen LogP contribution is -2.45. The number of ether oxygens (including phenoxy) is 1. The van der Waals surface area contributed by atoms with E-state index in [1.807, 2.05) is 59.5 Å². The van der Waals surface area contributed by atoms with Gasteiger partial charge in [-0.15, -0.1) is 10.2 Å². The monoisotopic (exact) mass is 513 g/mol. The summed E-state index contributed by atoms with van der Waals surface area (Å²) in [6.07, 6.45) is 3.47. The van der Waals surface area contributed by atoms with E-state index >= 15 is 0 Å². The van der Waals surface area contributed by atoms with Gasteiger partial charge in [-0.2, -0.15) is 0 Å². The van der Waals surface area contributed by atoms with Gasteiger partial charge >= 0.3 is 0 Å². The fraction of sp³-hybridized carbons (Fsp3) is 0.400. The SMILES string of the molecule is COc1cccc(-c2ccc(N3CCCN(C(=O)CN(CCc4ccccc4)C(=O)C4CC4)CC3)nn2)c1. The van der Waals surface area contributed by atoms with E-state index in [1.165, 1.54) is 5.56 Å². The van der Waals surface area contributed by atoms with Crippen LogP contribution in [-0.2, 0) is 16.0 Å². The van der Waals surface area contributed by atoms with Crippen molar-refractivity contribution in [2.45, 2.75) is 25.7 Å². The Morgan fingerprint density at radius 1 is 0.947 bits per heavy atom. The standard InChI is InChI=1S/C30H35N5O3/c1-38-26-10-5-9-25(21-26)27-13-14-28(32-31-27)33-16-6-17-34(20-19-33)29(36)22-35(30(37)24-11-12-24)18-15-23-7-3-2-4-8-23/h2-5,7-10,13-14,21,24H,6,11-12,15-20,22H2,1H3. The predicted molar refractivity (Wildman–Crippen MR) is 147 cm³/mol. The van der Waals surface area contributed by atoms with E-state index in [0.717, 1.165) is 55.1 Å². The smallest absolute Gasteiger partial charge is 0.242 e. The number of hydrogen-bond donors (Lipinski definition) is 0. The minimum Gasteiger partial charge on any atom is -0.497 e. The lowest BCUT2D eigenvalue weighted by atomic mass is 10.1. The molecule has 3 aromatic rings. The molecule has 0 radical (unpaired) electrons. The lowest BCUT2D eigenvalue weighted by Gasteiger charge is -2.27. The molecule has 1 aromatic heterocycles. The van der Waals surface area contributed by atoms with Crippen LogP contribution in [0.2, 0.25) is 0 Å². The number of hydrogen-bond acceptors (Lipinski definition) is 6. The zero-order valence-corrected chi connectivity index (χ0v) is 22.0. The van der Waals surface area contributed by atoms with Crippen molar-refractivity contribution in [2.75, 3.05) is 51.3 Å². The summed E-state index contributed by atoms with van der Waals surface area (Å²) in [4.78, 5) is 32.1. The Labute approximate surface area is 224 Å². The fourth-order valence-electron chi connectivity index (χ4n) is 4.85. The van der Waals surface area contributed by atoms with Crippen LogP contribution in [-0.4, -0.2) is 78.2 Å². The second-order valence-electron chi connectivity index (χ2n) is 10.00. The van der Waals surface area contributed by atoms with Crippen LogP contribution < -0.4 is 9.64 Å². The predicted octanol–water partition coefficient (Wildman–Crippen LogP) is 3.67. The lowest BCUT2D eigenvalue weighted by molar-refractivity contribution is -0.141. The van der Waals surface area contributed by atoms with Crippen LogP contribution in [0, 0.1) is 5.92 Å². The van der Waals surface area contributed by atoms with Gasteiger partial charge in [-0.1, -0.05) is 42.5 Å². The van der Waals surface area contributed by atoms with Crippen LogP contribution in [0.25, 0.3) is 11.3 Å². The second-order valence-corrected chi connectivity index (χ2v) is 10.00. The molecular formula is C30H35N5O3. The molecule has 0 atom stereocenters. The summed E-state index contributed by atoms with van der Waals surface area (Å²) in [6, 6.07) is 21.9. The Morgan fingerprint density at radius 2 is 1.79 bits per heavy atom. The summed E-state index contributed by atoms with van der Waals surface area (Å²) in [5.41, 5.74) is 2.92. The van der Waals surface area contributed by atoms with Gasteiger partial charge in [-0.25, -0.2) is 0 Å². The van der Waals surface area contributed by atoms with E-state index < -0.39 is 0 Å². The number of nitrogens with zero attached hydrogens (tertiary/aromatic N) is 5. The molecule has 2 fully saturated rings. The van der Waals surface area contributed by atoms with Crippen LogP contribution in [0.3, 0.4) is 0 Å². The van der Waals surface area contributed by atoms with Gasteiger partial charge in [0.2, 0.25) is 11.8 Å². The first-order chi connectivity index (χ1) is 18.6. The molecule has 1 saturated heterocycles. The minimum atomic E-state index is 0.0216. The van der Waals surface area contributed by atoms with Crippen molar-refractivity contribution >= 4 is 17.6 Å². The van der Waals surface area contributed by atoms with E-state index in [0.29, 0.717) is 26.2 Å². The third-order valence-electron chi connectivity index (χ3n) is 7.27. The van der Waals surface area contributed by atoms with Crippen LogP contribution in [0.4, 0.5) is 5.82 Å². The molecule has 2 amide bonds. The summed E-state index contributed by atoms with van der Waals surface area (Å²) in [5.74, 6) is 1.82. The maximum absolute atomic E-state index is 13.3. The topological polar surface area (TPSA) is 78.9 Å². The van der Waals surface area contributed by atoms with Gasteiger partial charge in [0, 0.05) is 44.2 Å². The molecule has 5 rings (SSSR count). The van der Waals surface area contributed by atoms with Gasteiger partial charge in [0.25, 0.3) is 0 Å². The molecule has 2 aliphatic rings. The number of aromatic nitrogens is 2.